The van der Waals surface area contributed by atoms with E-state index in [0.717, 1.165) is 37.6 Å². The Morgan fingerprint density at radius 2 is 1.93 bits per heavy atom. The molecule has 0 aliphatic heterocycles. The number of aromatic nitrogens is 1. The molecule has 0 unspecified atom stereocenters. The van der Waals surface area contributed by atoms with Crippen molar-refractivity contribution in [3.05, 3.63) is 71.9 Å². The molecule has 1 amide bonds. The van der Waals surface area contributed by atoms with Crippen LogP contribution >= 0.6 is 0 Å². The molecule has 152 valence electrons. The third-order valence-electron chi connectivity index (χ3n) is 4.73. The average molecular weight is 392 g/mol. The van der Waals surface area contributed by atoms with E-state index in [1.807, 2.05) is 18.2 Å². The lowest BCUT2D eigenvalue weighted by Gasteiger charge is -2.12. The summed E-state index contributed by atoms with van der Waals surface area (Å²) in [5.74, 6) is 0.702. The molecular weight excluding hydrogens is 362 g/mol. The molecule has 3 aromatic rings. The Balaban J connectivity index is 1.53. The first-order valence-electron chi connectivity index (χ1n) is 10.1. The van der Waals surface area contributed by atoms with Crippen LogP contribution in [0.5, 0.6) is 0 Å². The molecular formula is C23H29N5O. The molecule has 1 heterocycles. The maximum Gasteiger partial charge on any atom is 0.251 e. The summed E-state index contributed by atoms with van der Waals surface area (Å²) in [6.07, 6.45) is 3.14. The van der Waals surface area contributed by atoms with Crippen molar-refractivity contribution < 1.29 is 4.79 Å². The number of fused-ring (bicyclic) bond motifs is 1. The van der Waals surface area contributed by atoms with Gasteiger partial charge in [-0.25, -0.2) is 4.99 Å². The molecule has 3 rings (SSSR count). The second kappa shape index (κ2) is 10.3. The van der Waals surface area contributed by atoms with Crippen molar-refractivity contribution in [2.75, 3.05) is 20.1 Å². The number of guanidine groups is 1. The fourth-order valence-electron chi connectivity index (χ4n) is 3.26. The van der Waals surface area contributed by atoms with E-state index in [0.29, 0.717) is 12.1 Å². The zero-order chi connectivity index (χ0) is 20.5. The molecule has 2 aromatic carbocycles. The molecule has 0 aliphatic carbocycles. The van der Waals surface area contributed by atoms with Gasteiger partial charge in [0.05, 0.1) is 6.54 Å². The number of para-hydroxylation sites is 1. The summed E-state index contributed by atoms with van der Waals surface area (Å²) in [5.41, 5.74) is 2.92. The number of benzene rings is 2. The van der Waals surface area contributed by atoms with E-state index >= 15 is 0 Å². The first-order valence-corrected chi connectivity index (χ1v) is 10.1. The number of nitrogens with one attached hydrogen (secondary N) is 3. The minimum atomic E-state index is -0.0848. The van der Waals surface area contributed by atoms with Crippen LogP contribution in [0.1, 0.15) is 29.3 Å². The summed E-state index contributed by atoms with van der Waals surface area (Å²) in [7, 11) is 1.64. The van der Waals surface area contributed by atoms with Crippen LogP contribution in [0.15, 0.2) is 65.8 Å². The van der Waals surface area contributed by atoms with E-state index in [1.165, 1.54) is 10.9 Å². The Hall–Kier alpha value is -3.28. The number of rotatable bonds is 8. The third kappa shape index (κ3) is 5.60. The van der Waals surface area contributed by atoms with Crippen LogP contribution in [0.25, 0.3) is 10.9 Å². The molecule has 0 aliphatic rings. The van der Waals surface area contributed by atoms with Crippen LogP contribution in [-0.4, -0.2) is 36.6 Å². The van der Waals surface area contributed by atoms with E-state index < -0.39 is 0 Å². The molecule has 1 aromatic heterocycles. The highest BCUT2D eigenvalue weighted by atomic mass is 16.1. The Bertz CT molecular complexity index is 976. The van der Waals surface area contributed by atoms with Gasteiger partial charge < -0.3 is 20.5 Å². The van der Waals surface area contributed by atoms with Gasteiger partial charge >= 0.3 is 0 Å². The average Bonchev–Trinajstić information content (AvgIpc) is 3.17. The lowest BCUT2D eigenvalue weighted by atomic mass is 10.1. The topological polar surface area (TPSA) is 70.4 Å². The number of aryl methyl sites for hydroxylation is 1. The van der Waals surface area contributed by atoms with Crippen molar-refractivity contribution in [1.29, 1.82) is 0 Å². The van der Waals surface area contributed by atoms with Crippen molar-refractivity contribution in [3.63, 3.8) is 0 Å². The molecule has 6 heteroatoms. The van der Waals surface area contributed by atoms with Crippen LogP contribution in [0.2, 0.25) is 0 Å². The normalized spacial score (nSPS) is 11.4. The Morgan fingerprint density at radius 3 is 2.76 bits per heavy atom. The van der Waals surface area contributed by atoms with Crippen molar-refractivity contribution in [3.8, 4) is 0 Å². The minimum absolute atomic E-state index is 0.0848. The van der Waals surface area contributed by atoms with Gasteiger partial charge in [0.15, 0.2) is 5.96 Å². The number of hydrogen-bond donors (Lipinski definition) is 3. The van der Waals surface area contributed by atoms with Gasteiger partial charge in [-0.05, 0) is 48.6 Å². The third-order valence-corrected chi connectivity index (χ3v) is 4.73. The van der Waals surface area contributed by atoms with Gasteiger partial charge in [0.25, 0.3) is 5.91 Å². The van der Waals surface area contributed by atoms with Crippen molar-refractivity contribution in [1.82, 2.24) is 20.5 Å². The number of carbonyl (C=O) groups excluding carboxylic acids is 1. The molecule has 3 N–H and O–H groups in total. The Kier molecular flexibility index (Phi) is 7.28. The lowest BCUT2D eigenvalue weighted by molar-refractivity contribution is 0.0963. The van der Waals surface area contributed by atoms with Crippen LogP contribution in [0.4, 0.5) is 0 Å². The zero-order valence-corrected chi connectivity index (χ0v) is 17.1. The van der Waals surface area contributed by atoms with Crippen LogP contribution in [0, 0.1) is 0 Å². The summed E-state index contributed by atoms with van der Waals surface area (Å²) in [4.78, 5) is 16.4. The lowest BCUT2D eigenvalue weighted by Crippen LogP contribution is -2.38. The summed E-state index contributed by atoms with van der Waals surface area (Å²) in [6, 6.07) is 18.1. The van der Waals surface area contributed by atoms with Crippen LogP contribution in [-0.2, 0) is 13.1 Å². The standard InChI is InChI=1S/C23H29N5O/c1-3-25-23(27-17-18-8-6-10-20(16-18)22(29)24-2)26-13-7-14-28-15-12-19-9-4-5-11-21(19)28/h4-6,8-12,15-16H,3,7,13-14,17H2,1-2H3,(H,24,29)(H2,25,26,27). The fraction of sp³-hybridized carbons (Fsp3) is 0.304. The van der Waals surface area contributed by atoms with Gasteiger partial charge in [-0.15, -0.1) is 0 Å². The number of carbonyl (C=O) groups is 1. The number of hydrogen-bond acceptors (Lipinski definition) is 2. The summed E-state index contributed by atoms with van der Waals surface area (Å²) < 4.78 is 2.28. The fourth-order valence-corrected chi connectivity index (χ4v) is 3.26. The Labute approximate surface area is 172 Å². The molecule has 0 atom stereocenters. The number of amides is 1. The molecule has 0 saturated heterocycles. The summed E-state index contributed by atoms with van der Waals surface area (Å²) >= 11 is 0. The monoisotopic (exact) mass is 391 g/mol. The smallest absolute Gasteiger partial charge is 0.251 e. The van der Waals surface area contributed by atoms with Crippen LogP contribution < -0.4 is 16.0 Å². The maximum atomic E-state index is 11.8. The van der Waals surface area contributed by atoms with Gasteiger partial charge in [0.1, 0.15) is 0 Å². The second-order valence-corrected chi connectivity index (χ2v) is 6.82. The van der Waals surface area contributed by atoms with Crippen molar-refractivity contribution >= 4 is 22.8 Å². The predicted octanol–water partition coefficient (Wildman–Crippen LogP) is 3.15. The molecule has 0 saturated carbocycles. The zero-order valence-electron chi connectivity index (χ0n) is 17.1. The van der Waals surface area contributed by atoms with E-state index in [4.69, 9.17) is 0 Å². The van der Waals surface area contributed by atoms with Gasteiger partial charge in [-0.1, -0.05) is 30.3 Å². The minimum Gasteiger partial charge on any atom is -0.357 e. The number of aliphatic imine (C=N–C) groups is 1. The van der Waals surface area contributed by atoms with E-state index in [2.05, 4.69) is 69.0 Å². The SMILES string of the molecule is CCNC(=NCc1cccc(C(=O)NC)c1)NCCCn1ccc2ccccc21. The quantitative estimate of drug-likeness (QED) is 0.314. The van der Waals surface area contributed by atoms with Gasteiger partial charge in [0.2, 0.25) is 0 Å². The van der Waals surface area contributed by atoms with E-state index in [-0.39, 0.29) is 5.91 Å². The first kappa shape index (κ1) is 20.5. The second-order valence-electron chi connectivity index (χ2n) is 6.82. The Morgan fingerprint density at radius 1 is 1.07 bits per heavy atom. The number of nitrogens with zero attached hydrogens (tertiary/aromatic N) is 2. The van der Waals surface area contributed by atoms with E-state index in [1.54, 1.807) is 13.1 Å². The predicted molar refractivity (Wildman–Crippen MR) is 119 cm³/mol. The van der Waals surface area contributed by atoms with Crippen molar-refractivity contribution in [2.45, 2.75) is 26.4 Å². The first-order chi connectivity index (χ1) is 14.2. The van der Waals surface area contributed by atoms with E-state index in [9.17, 15) is 4.79 Å². The molecule has 6 nitrogen and oxygen atoms in total. The van der Waals surface area contributed by atoms with Gasteiger partial charge in [0, 0.05) is 44.0 Å². The molecule has 0 fully saturated rings. The van der Waals surface area contributed by atoms with Gasteiger partial charge in [-0.3, -0.25) is 4.79 Å². The molecule has 0 bridgehead atoms. The highest BCUT2D eigenvalue weighted by Crippen LogP contribution is 2.15. The molecule has 0 spiro atoms. The summed E-state index contributed by atoms with van der Waals surface area (Å²) in [5, 5.41) is 10.6. The van der Waals surface area contributed by atoms with Crippen LogP contribution in [0.3, 0.4) is 0 Å². The molecule has 29 heavy (non-hydrogen) atoms. The maximum absolute atomic E-state index is 11.8. The van der Waals surface area contributed by atoms with Crippen molar-refractivity contribution in [2.24, 2.45) is 4.99 Å². The summed E-state index contributed by atoms with van der Waals surface area (Å²) in [6.45, 7) is 5.15. The van der Waals surface area contributed by atoms with Gasteiger partial charge in [-0.2, -0.15) is 0 Å². The molecule has 0 radical (unpaired) electrons. The highest BCUT2D eigenvalue weighted by Gasteiger charge is 2.04. The highest BCUT2D eigenvalue weighted by molar-refractivity contribution is 5.94. The largest absolute Gasteiger partial charge is 0.357 e.